The van der Waals surface area contributed by atoms with Crippen LogP contribution in [0.3, 0.4) is 0 Å². The van der Waals surface area contributed by atoms with Gasteiger partial charge in [-0.1, -0.05) is 351 Å². The van der Waals surface area contributed by atoms with Crippen molar-refractivity contribution in [3.05, 3.63) is 540 Å². The molecule has 3 aromatic heterocycles. The molecule has 0 saturated carbocycles. The van der Waals surface area contributed by atoms with Crippen LogP contribution < -0.4 is 20.7 Å². The molecule has 139 heavy (non-hydrogen) atoms. The van der Waals surface area contributed by atoms with E-state index in [9.17, 15) is 4.39 Å². The number of nitrogens with one attached hydrogen (secondary N) is 3. The minimum absolute atomic E-state index is 0.126. The highest BCUT2D eigenvalue weighted by Crippen LogP contribution is 2.67. The summed E-state index contributed by atoms with van der Waals surface area (Å²) in [6.45, 7) is 0. The van der Waals surface area contributed by atoms with Crippen LogP contribution in [0.2, 0.25) is 0 Å². The summed E-state index contributed by atoms with van der Waals surface area (Å²) in [5.74, 6) is 1.49. The van der Waals surface area contributed by atoms with Crippen molar-refractivity contribution < 1.29 is 24.8 Å². The highest BCUT2D eigenvalue weighted by Gasteiger charge is 2.54. The van der Waals surface area contributed by atoms with Crippen molar-refractivity contribution in [2.24, 2.45) is 0 Å². The van der Waals surface area contributed by atoms with E-state index >= 15 is 0 Å². The first-order valence-electron chi connectivity index (χ1n) is 49.2. The van der Waals surface area contributed by atoms with Crippen LogP contribution in [0.15, 0.2) is 495 Å². The Hall–Kier alpha value is -16.7. The average molecular weight is 1840 g/mol. The molecule has 24 aromatic rings. The van der Waals surface area contributed by atoms with Gasteiger partial charge in [0.1, 0.15) is 34.1 Å². The Morgan fingerprint density at radius 1 is 0.245 bits per heavy atom. The van der Waals surface area contributed by atoms with Gasteiger partial charge in [0.2, 0.25) is 0 Å². The summed E-state index contributed by atoms with van der Waals surface area (Å²) >= 11 is 5.46. The predicted octanol–water partition coefficient (Wildman–Crippen LogP) is 35.7. The van der Waals surface area contributed by atoms with Gasteiger partial charge in [0.15, 0.2) is 5.58 Å². The van der Waals surface area contributed by atoms with Gasteiger partial charge in [0, 0.05) is 106 Å². The number of hydrogen-bond donors (Lipinski definition) is 3. The monoisotopic (exact) mass is 1840 g/mol. The number of benzene rings is 21. The van der Waals surface area contributed by atoms with Crippen molar-refractivity contribution in [1.29, 1.82) is 0 Å². The van der Waals surface area contributed by atoms with Gasteiger partial charge in [0.25, 0.3) is 0 Å². The second kappa shape index (κ2) is 32.0. The minimum Gasteiger partial charge on any atom is -0.457 e. The second-order valence-electron chi connectivity index (χ2n) is 36.2. The Bertz CT molecular complexity index is 9400. The molecule has 0 fully saturated rings. The van der Waals surface area contributed by atoms with Crippen molar-refractivity contribution in [1.82, 2.24) is 0 Å². The molecule has 30 rings (SSSR count). The van der Waals surface area contributed by atoms with E-state index in [2.05, 4.69) is 386 Å². The van der Waals surface area contributed by atoms with E-state index < -0.39 is 22.3 Å². The van der Waals surface area contributed by atoms with Crippen LogP contribution in [-0.4, -0.2) is 0 Å². The van der Waals surface area contributed by atoms with Gasteiger partial charge in [-0.2, -0.15) is 0 Å². The molecular formula is C129H80FN3O3S3. The number of hydrogen-bond acceptors (Lipinski definition) is 9. The topological polar surface area (TPSA) is 71.6 Å². The van der Waals surface area contributed by atoms with Gasteiger partial charge in [-0.3, -0.25) is 0 Å². The van der Waals surface area contributed by atoms with Gasteiger partial charge < -0.3 is 29.5 Å². The van der Waals surface area contributed by atoms with Crippen LogP contribution in [0.4, 0.5) is 38.5 Å². The van der Waals surface area contributed by atoms with E-state index in [1.54, 1.807) is 17.4 Å². The summed E-state index contributed by atoms with van der Waals surface area (Å²) < 4.78 is 77.4. The van der Waals surface area contributed by atoms with E-state index in [0.29, 0.717) is 16.7 Å². The molecule has 0 radical (unpaired) electrons. The van der Waals surface area contributed by atoms with Gasteiger partial charge in [-0.05, 0) is 256 Å². The molecule has 3 aliphatic heterocycles. The van der Waals surface area contributed by atoms with E-state index in [0.717, 1.165) is 101 Å². The molecule has 6 aliphatic rings. The number of halogens is 1. The van der Waals surface area contributed by atoms with Crippen LogP contribution in [0, 0.1) is 5.82 Å². The van der Waals surface area contributed by atoms with Crippen LogP contribution in [-0.2, 0) is 16.2 Å². The third-order valence-electron chi connectivity index (χ3n) is 28.9. The number of rotatable bonds is 9. The first-order valence-corrected chi connectivity index (χ1v) is 49.2. The van der Waals surface area contributed by atoms with Gasteiger partial charge in [0.05, 0.1) is 28.8 Å². The molecule has 0 amide bonds. The number of para-hydroxylation sites is 3. The molecule has 6 nitrogen and oxygen atoms in total. The number of fused-ring (bicyclic) bond motifs is 36. The average Bonchev–Trinajstić information content (AvgIpc) is 1.49. The Morgan fingerprint density at radius 3 is 1.27 bits per heavy atom. The van der Waals surface area contributed by atoms with Gasteiger partial charge in [-0.15, -0.1) is 11.3 Å². The molecule has 3 aliphatic carbocycles. The molecule has 3 spiro atoms. The number of furan rings is 2. The summed E-state index contributed by atoms with van der Waals surface area (Å²) in [7, 11) is 0. The number of anilines is 6. The molecule has 6 heterocycles. The molecule has 0 saturated heterocycles. The Kier molecular flexibility index (Phi) is 17.4. The number of ether oxygens (including phenoxy) is 1. The molecule has 654 valence electrons. The smallest absolute Gasteiger partial charge is 0.158 e. The molecule has 21 aromatic carbocycles. The van der Waals surface area contributed by atoms with Crippen molar-refractivity contribution in [3.63, 3.8) is 0 Å². The second-order valence-corrected chi connectivity index (χ2v) is 39.4. The standard InChI is InChI=1S/C43H26FNOS.2C43H27NOS/c44-28-19-17-26(18-20-28)27-23-37(42-32-11-3-8-16-40(32)47-41(42)24-27)45-29-21-22-39-36(25-29)43(35-14-6-7-15-38(35)46-39)33-12-4-1-9-30(33)31-10-2-5-13-34(31)43;1-2-11-27(12-3-1)30-15-10-16-33-34-25-28(21-23-39(34)45-42(30)33)44-29-22-24-41-38(26-29)43(37-19-8-9-20-40(37)46-41)35-17-6-4-13-31(35)32-14-5-7-18-36(32)43;1-2-11-27(12-3-1)28-21-23-39-33(25-28)32-15-10-19-38(42(32)45-39)44-29-22-24-41-37(26-29)43(36-18-8-9-20-40(36)46-41)34-16-6-4-13-30(34)31-14-5-7-17-35(31)43/h1-25,45H;2*1-26,44H/i;1D,2D,3D,11D,12D;. The van der Waals surface area contributed by atoms with Gasteiger partial charge in [-0.25, -0.2) is 4.39 Å². The molecular weight excluding hydrogens is 1750 g/mol. The maximum atomic E-state index is 13.9. The fraction of sp³-hybridized carbons (Fsp3) is 0.0233. The molecule has 10 heteroatoms. The maximum absolute atomic E-state index is 13.9. The van der Waals surface area contributed by atoms with Crippen LogP contribution >= 0.6 is 34.9 Å². The third-order valence-corrected chi connectivity index (χ3v) is 32.3. The summed E-state index contributed by atoms with van der Waals surface area (Å²) in [5.41, 5.74) is 35.2. The fourth-order valence-electron chi connectivity index (χ4n) is 23.2. The normalized spacial score (nSPS) is 14.2. The lowest BCUT2D eigenvalue weighted by molar-refractivity contribution is 0.436. The maximum Gasteiger partial charge on any atom is 0.158 e. The predicted molar refractivity (Wildman–Crippen MR) is 572 cm³/mol. The Morgan fingerprint density at radius 2 is 0.662 bits per heavy atom. The van der Waals surface area contributed by atoms with E-state index in [-0.39, 0.29) is 35.6 Å². The SMILES string of the molecule is Fc1ccc(-c2cc(Nc3ccc4c(c3)C3(c5ccccc5O4)c4ccccc4-c4ccccc43)c3c(c2)sc2ccccc23)cc1.[2H]c1c([2H])c([2H])c(-c2cccc3c2oc2ccc(Nc4ccc5c(c4)C4(c6ccccc6S5)c5ccccc5-c5ccccc54)cc23)c([2H])c1[2H].c1ccc(-c2ccc3oc4c(Nc5ccc6c(c5)C5(c7ccccc7S6)c6ccccc6-c6ccccc65)cccc4c3c2)cc1. The van der Waals surface area contributed by atoms with Crippen LogP contribution in [0.5, 0.6) is 11.5 Å². The van der Waals surface area contributed by atoms with Crippen LogP contribution in [0.25, 0.3) is 131 Å². The highest BCUT2D eigenvalue weighted by atomic mass is 32.2. The lowest BCUT2D eigenvalue weighted by atomic mass is 9.66. The zero-order chi connectivity index (χ0) is 96.0. The molecule has 0 unspecified atom stereocenters. The number of thiophene rings is 1. The van der Waals surface area contributed by atoms with Crippen molar-refractivity contribution >= 4 is 133 Å². The minimum atomic E-state index is -0.532. The third kappa shape index (κ3) is 12.4. The van der Waals surface area contributed by atoms with Crippen molar-refractivity contribution in [2.75, 3.05) is 16.0 Å². The van der Waals surface area contributed by atoms with E-state index in [1.807, 2.05) is 72.1 Å². The van der Waals surface area contributed by atoms with E-state index in [4.69, 9.17) is 20.4 Å². The first kappa shape index (κ1) is 75.6. The van der Waals surface area contributed by atoms with Crippen molar-refractivity contribution in [2.45, 2.75) is 35.8 Å². The Balaban J connectivity index is 0.000000105. The lowest BCUT2D eigenvalue weighted by Crippen LogP contribution is -2.32. The van der Waals surface area contributed by atoms with Crippen molar-refractivity contribution in [3.8, 4) is 78.3 Å². The Labute approximate surface area is 821 Å². The summed E-state index contributed by atoms with van der Waals surface area (Å²) in [6.07, 6.45) is 0. The largest absolute Gasteiger partial charge is 0.457 e. The molecule has 0 bridgehead atoms. The van der Waals surface area contributed by atoms with E-state index in [1.165, 1.54) is 152 Å². The zero-order valence-electron chi connectivity index (χ0n) is 79.4. The van der Waals surface area contributed by atoms with Gasteiger partial charge >= 0.3 is 0 Å². The zero-order valence-corrected chi connectivity index (χ0v) is 76.8. The summed E-state index contributed by atoms with van der Waals surface area (Å²) in [4.78, 5) is 5.08. The molecule has 3 N–H and O–H groups in total. The fourth-order valence-corrected chi connectivity index (χ4v) is 26.7. The molecule has 0 atom stereocenters. The lowest BCUT2D eigenvalue weighted by Gasteiger charge is -2.39. The van der Waals surface area contributed by atoms with Crippen LogP contribution in [0.1, 0.15) is 73.6 Å². The highest BCUT2D eigenvalue weighted by molar-refractivity contribution is 7.99. The summed E-state index contributed by atoms with van der Waals surface area (Å²) in [5, 5.41) is 17.6. The quantitative estimate of drug-likeness (QED) is 0.132. The summed E-state index contributed by atoms with van der Waals surface area (Å²) in [6, 6.07) is 152. The first-order chi connectivity index (χ1) is 70.8.